The van der Waals surface area contributed by atoms with Gasteiger partial charge in [-0.15, -0.1) is 39.5 Å². The van der Waals surface area contributed by atoms with Gasteiger partial charge in [-0.3, -0.25) is 17.9 Å². The first kappa shape index (κ1) is 90.4. The molecule has 0 rings (SSSR count). The fourth-order valence-corrected chi connectivity index (χ4v) is 3.12. The van der Waals surface area contributed by atoms with Crippen LogP contribution in [-0.2, 0) is 0 Å². The third-order valence-electron chi connectivity index (χ3n) is 4.40. The first-order valence-corrected chi connectivity index (χ1v) is 10.4. The minimum atomic E-state index is 0. The van der Waals surface area contributed by atoms with Crippen LogP contribution >= 0.6 is 0 Å². The number of rotatable bonds is 8. The standard InChI is InChI=1S/C10H26N2.C8H22N2.3C2H4.5CH4.2BrH.2ClH/c1-7-12(8-2,9-3)10-11(4,5)6;1-7-10(5,6)8-9(2,3)4;3*1-2;;;;;;;;;/h7-10H2,1-6H3;7-8H2,1-6H3;3*1-2H2;5*1H4;4*1H/q2*+2;;;;;;;;;;;;/p-4. The van der Waals surface area contributed by atoms with Crippen molar-refractivity contribution in [2.24, 2.45) is 0 Å². The molecule has 37 heavy (non-hydrogen) atoms. The maximum absolute atomic E-state index is 3.00. The van der Waals surface area contributed by atoms with Gasteiger partial charge in [0.25, 0.3) is 0 Å². The zero-order valence-electron chi connectivity index (χ0n) is 23.8. The van der Waals surface area contributed by atoms with Gasteiger partial charge < -0.3 is 58.8 Å². The topological polar surface area (TPSA) is 0 Å². The summed E-state index contributed by atoms with van der Waals surface area (Å²) in [5.41, 5.74) is 0. The summed E-state index contributed by atoms with van der Waals surface area (Å²) in [5, 5.41) is 0. The van der Waals surface area contributed by atoms with Crippen molar-refractivity contribution in [2.45, 2.75) is 64.8 Å². The Balaban J connectivity index is -0.0000000165. The van der Waals surface area contributed by atoms with E-state index in [-0.39, 0.29) is 95.9 Å². The van der Waals surface area contributed by atoms with Crippen molar-refractivity contribution in [1.29, 1.82) is 0 Å². The fourth-order valence-electron chi connectivity index (χ4n) is 3.12. The third kappa shape index (κ3) is 72.4. The monoisotopic (exact) mass is 712 g/mol. The van der Waals surface area contributed by atoms with Gasteiger partial charge in [0.15, 0.2) is 0 Å². The highest BCUT2D eigenvalue weighted by atomic mass is 79.9. The van der Waals surface area contributed by atoms with E-state index in [2.05, 4.69) is 124 Å². The minimum Gasteiger partial charge on any atom is -1.00 e. The zero-order chi connectivity index (χ0) is 24.2. The van der Waals surface area contributed by atoms with Crippen LogP contribution in [0.15, 0.2) is 39.5 Å². The van der Waals surface area contributed by atoms with Crippen LogP contribution in [0.3, 0.4) is 0 Å². The van der Waals surface area contributed by atoms with Crippen LogP contribution in [0.25, 0.3) is 0 Å². The molecule has 4 nitrogen and oxygen atoms in total. The van der Waals surface area contributed by atoms with E-state index in [9.17, 15) is 0 Å². The SMILES string of the molecule is C.C.C.C.C.C=C.C=C.C=C.CC[N+](C)(C)C[N+](C)(C)C.CC[N+](CC)(CC)C[N+](C)(C)C.[Br-].[Br-].[Cl-].[Cl-]. The maximum atomic E-state index is 3.00. The molecular formula is C29H80Br2Cl2N4. The molecule has 0 aliphatic carbocycles. The lowest BCUT2D eigenvalue weighted by Gasteiger charge is -2.40. The largest absolute Gasteiger partial charge is 1.00 e. The number of nitrogens with zero attached hydrogens (tertiary/aromatic N) is 4. The van der Waals surface area contributed by atoms with Crippen molar-refractivity contribution in [3.8, 4) is 0 Å². The summed E-state index contributed by atoms with van der Waals surface area (Å²) in [4.78, 5) is 0. The molecule has 8 heteroatoms. The highest BCUT2D eigenvalue weighted by molar-refractivity contribution is 4.30. The van der Waals surface area contributed by atoms with Gasteiger partial charge in [0, 0.05) is 0 Å². The van der Waals surface area contributed by atoms with Crippen molar-refractivity contribution in [3.05, 3.63) is 39.5 Å². The second-order valence-corrected chi connectivity index (χ2v) is 9.41. The zero-order valence-corrected chi connectivity index (χ0v) is 28.5. The van der Waals surface area contributed by atoms with E-state index < -0.39 is 0 Å². The van der Waals surface area contributed by atoms with E-state index in [0.717, 1.165) is 13.4 Å². The molecular weight excluding hydrogens is 635 g/mol. The van der Waals surface area contributed by atoms with Crippen molar-refractivity contribution in [3.63, 3.8) is 0 Å². The Morgan fingerprint density at radius 3 is 0.649 bits per heavy atom. The second-order valence-electron chi connectivity index (χ2n) is 9.41. The Hall–Kier alpha value is 0.600. The molecule has 0 bridgehead atoms. The average molecular weight is 716 g/mol. The molecule has 0 N–H and O–H groups in total. The summed E-state index contributed by atoms with van der Waals surface area (Å²) in [6.07, 6.45) is 0. The lowest BCUT2D eigenvalue weighted by Crippen LogP contribution is -3.00. The van der Waals surface area contributed by atoms with E-state index in [1.54, 1.807) is 0 Å². The second kappa shape index (κ2) is 49.5. The summed E-state index contributed by atoms with van der Waals surface area (Å²) < 4.78 is 4.45. The number of quaternary nitrogens is 4. The molecule has 0 atom stereocenters. The molecule has 0 unspecified atom stereocenters. The van der Waals surface area contributed by atoms with Crippen LogP contribution in [0.4, 0.5) is 0 Å². The van der Waals surface area contributed by atoms with Gasteiger partial charge in [-0.25, -0.2) is 0 Å². The highest BCUT2D eigenvalue weighted by Gasteiger charge is 2.27. The number of halogens is 4. The lowest BCUT2D eigenvalue weighted by molar-refractivity contribution is -1.08. The van der Waals surface area contributed by atoms with E-state index in [0.29, 0.717) is 0 Å². The molecule has 0 radical (unpaired) electrons. The number of hydrogen-bond donors (Lipinski definition) is 0. The van der Waals surface area contributed by atoms with Crippen LogP contribution < -0.4 is 58.8 Å². The third-order valence-corrected chi connectivity index (χ3v) is 4.40. The van der Waals surface area contributed by atoms with Crippen LogP contribution in [0, 0.1) is 0 Å². The summed E-state index contributed by atoms with van der Waals surface area (Å²) in [5.74, 6) is 0. The molecule has 0 heterocycles. The van der Waals surface area contributed by atoms with Gasteiger partial charge in [0.05, 0.1) is 82.6 Å². The van der Waals surface area contributed by atoms with E-state index >= 15 is 0 Å². The van der Waals surface area contributed by atoms with E-state index in [4.69, 9.17) is 0 Å². The molecule has 0 aliphatic rings. The van der Waals surface area contributed by atoms with E-state index in [1.807, 2.05) is 0 Å². The highest BCUT2D eigenvalue weighted by Crippen LogP contribution is 2.09. The first-order valence-electron chi connectivity index (χ1n) is 10.4. The predicted molar refractivity (Wildman–Crippen MR) is 168 cm³/mol. The molecule has 0 aromatic heterocycles. The summed E-state index contributed by atoms with van der Waals surface area (Å²) in [7, 11) is 18.0. The molecule has 0 aliphatic heterocycles. The molecule has 0 aromatic rings. The van der Waals surface area contributed by atoms with E-state index in [1.165, 1.54) is 44.0 Å². The molecule has 0 aromatic carbocycles. The molecule has 0 saturated heterocycles. The first-order chi connectivity index (χ1) is 12.7. The van der Waals surface area contributed by atoms with Gasteiger partial charge in [0.2, 0.25) is 13.3 Å². The molecule has 244 valence electrons. The van der Waals surface area contributed by atoms with Gasteiger partial charge in [-0.2, -0.15) is 0 Å². The fraction of sp³-hybridized carbons (Fsp3) is 0.793. The Morgan fingerprint density at radius 1 is 0.405 bits per heavy atom. The quantitative estimate of drug-likeness (QED) is 0.136. The van der Waals surface area contributed by atoms with Crippen LogP contribution in [0.2, 0.25) is 0 Å². The Kier molecular flexibility index (Phi) is 121. The smallest absolute Gasteiger partial charge is 0.206 e. The Bertz CT molecular complexity index is 331. The van der Waals surface area contributed by atoms with Crippen LogP contribution in [-0.4, -0.2) is 114 Å². The van der Waals surface area contributed by atoms with Gasteiger partial charge in [-0.05, 0) is 27.7 Å². The van der Waals surface area contributed by atoms with Gasteiger partial charge in [0.1, 0.15) is 0 Å². The van der Waals surface area contributed by atoms with Crippen molar-refractivity contribution < 1.29 is 76.7 Å². The minimum absolute atomic E-state index is 0. The van der Waals surface area contributed by atoms with Crippen molar-refractivity contribution >= 4 is 0 Å². The van der Waals surface area contributed by atoms with Crippen molar-refractivity contribution in [2.75, 3.05) is 95.9 Å². The average Bonchev–Trinajstić information content (AvgIpc) is 2.63. The van der Waals surface area contributed by atoms with Crippen LogP contribution in [0.5, 0.6) is 0 Å². The van der Waals surface area contributed by atoms with Gasteiger partial charge >= 0.3 is 0 Å². The van der Waals surface area contributed by atoms with Gasteiger partial charge in [-0.1, -0.05) is 37.1 Å². The van der Waals surface area contributed by atoms with Crippen LogP contribution in [0.1, 0.15) is 64.8 Å². The molecule has 0 fully saturated rings. The summed E-state index contributed by atoms with van der Waals surface area (Å²) >= 11 is 0. The predicted octanol–water partition coefficient (Wildman–Crippen LogP) is -4.12. The number of hydrogen-bond acceptors (Lipinski definition) is 0. The lowest BCUT2D eigenvalue weighted by atomic mass is 10.3. The molecule has 0 amide bonds. The molecule has 0 spiro atoms. The summed E-state index contributed by atoms with van der Waals surface area (Å²) in [6, 6.07) is 0. The molecule has 0 saturated carbocycles. The Morgan fingerprint density at radius 2 is 0.595 bits per heavy atom. The normalized spacial score (nSPS) is 8.43. The maximum Gasteiger partial charge on any atom is 0.206 e. The Labute approximate surface area is 275 Å². The summed E-state index contributed by atoms with van der Waals surface area (Å²) in [6.45, 7) is 34.5. The van der Waals surface area contributed by atoms with Crippen molar-refractivity contribution in [1.82, 2.24) is 0 Å².